The van der Waals surface area contributed by atoms with Crippen molar-refractivity contribution in [2.75, 3.05) is 58.9 Å². The van der Waals surface area contributed by atoms with Crippen molar-refractivity contribution < 1.29 is 24.2 Å². The molecule has 1 amide bonds. The van der Waals surface area contributed by atoms with Crippen LogP contribution in [-0.2, 0) is 14.3 Å². The molecule has 0 atom stereocenters. The van der Waals surface area contributed by atoms with Gasteiger partial charge in [-0.1, -0.05) is 12.1 Å². The van der Waals surface area contributed by atoms with Gasteiger partial charge in [0.05, 0.1) is 38.1 Å². The van der Waals surface area contributed by atoms with Gasteiger partial charge in [0.15, 0.2) is 0 Å². The van der Waals surface area contributed by atoms with E-state index in [-0.39, 0.29) is 36.9 Å². The SMILES string of the molecule is COC(=O)C1=C(Nc2ccccc2OCC2CCN(C)CC2)C(=O)N(CCO)C1. The lowest BCUT2D eigenvalue weighted by molar-refractivity contribution is -0.136. The zero-order valence-electron chi connectivity index (χ0n) is 17.0. The Hall–Kier alpha value is -2.58. The van der Waals surface area contributed by atoms with Crippen LogP contribution in [0.4, 0.5) is 5.69 Å². The van der Waals surface area contributed by atoms with E-state index in [4.69, 9.17) is 9.47 Å². The minimum absolute atomic E-state index is 0.104. The van der Waals surface area contributed by atoms with Gasteiger partial charge >= 0.3 is 5.97 Å². The average molecular weight is 403 g/mol. The number of likely N-dealkylation sites (tertiary alicyclic amines) is 1. The molecule has 0 radical (unpaired) electrons. The molecule has 0 aromatic heterocycles. The normalized spacial score (nSPS) is 18.3. The van der Waals surface area contributed by atoms with Crippen LogP contribution in [0.3, 0.4) is 0 Å². The number of esters is 1. The predicted molar refractivity (Wildman–Crippen MR) is 108 cm³/mol. The maximum absolute atomic E-state index is 12.7. The van der Waals surface area contributed by atoms with Crippen LogP contribution >= 0.6 is 0 Å². The number of anilines is 1. The number of nitrogens with zero attached hydrogens (tertiary/aromatic N) is 2. The second-order valence-electron chi connectivity index (χ2n) is 7.47. The molecule has 2 aliphatic heterocycles. The number of aliphatic hydroxyl groups is 1. The summed E-state index contributed by atoms with van der Waals surface area (Å²) in [7, 11) is 3.41. The first-order valence-electron chi connectivity index (χ1n) is 9.92. The lowest BCUT2D eigenvalue weighted by atomic mass is 9.98. The van der Waals surface area contributed by atoms with Gasteiger partial charge in [-0.05, 0) is 51.0 Å². The molecule has 0 spiro atoms. The largest absolute Gasteiger partial charge is 0.491 e. The number of carbonyl (C=O) groups is 2. The van der Waals surface area contributed by atoms with Crippen LogP contribution in [0.25, 0.3) is 0 Å². The first kappa shape index (κ1) is 21.1. The Bertz CT molecular complexity index is 771. The van der Waals surface area contributed by atoms with E-state index in [0.717, 1.165) is 25.9 Å². The third-order valence-corrected chi connectivity index (χ3v) is 5.41. The molecule has 0 unspecified atom stereocenters. The molecular formula is C21H29N3O5. The van der Waals surface area contributed by atoms with Gasteiger partial charge in [0, 0.05) is 6.54 Å². The van der Waals surface area contributed by atoms with Crippen LogP contribution in [0.15, 0.2) is 35.5 Å². The molecule has 2 aliphatic rings. The van der Waals surface area contributed by atoms with Crippen molar-refractivity contribution in [2.45, 2.75) is 12.8 Å². The molecule has 29 heavy (non-hydrogen) atoms. The van der Waals surface area contributed by atoms with Crippen molar-refractivity contribution in [3.05, 3.63) is 35.5 Å². The highest BCUT2D eigenvalue weighted by Crippen LogP contribution is 2.30. The van der Waals surface area contributed by atoms with Crippen molar-refractivity contribution in [3.63, 3.8) is 0 Å². The minimum atomic E-state index is -0.564. The van der Waals surface area contributed by atoms with Gasteiger partial charge in [-0.3, -0.25) is 4.79 Å². The number of methoxy groups -OCH3 is 1. The van der Waals surface area contributed by atoms with Crippen molar-refractivity contribution in [3.8, 4) is 5.75 Å². The number of piperidine rings is 1. The van der Waals surface area contributed by atoms with Gasteiger partial charge in [-0.15, -0.1) is 0 Å². The Morgan fingerprint density at radius 2 is 2.00 bits per heavy atom. The lowest BCUT2D eigenvalue weighted by Gasteiger charge is -2.29. The number of aliphatic hydroxyl groups excluding tert-OH is 1. The summed E-state index contributed by atoms with van der Waals surface area (Å²) in [6.45, 7) is 2.83. The number of hydrogen-bond donors (Lipinski definition) is 2. The van der Waals surface area contributed by atoms with E-state index < -0.39 is 5.97 Å². The molecule has 0 saturated carbocycles. The fraction of sp³-hybridized carbons (Fsp3) is 0.524. The number of ether oxygens (including phenoxy) is 2. The third kappa shape index (κ3) is 5.07. The Morgan fingerprint density at radius 3 is 2.69 bits per heavy atom. The highest BCUT2D eigenvalue weighted by atomic mass is 16.5. The van der Waals surface area contributed by atoms with E-state index in [0.29, 0.717) is 24.0 Å². The second kappa shape index (κ2) is 9.76. The summed E-state index contributed by atoms with van der Waals surface area (Å²) < 4.78 is 10.9. The Labute approximate surface area is 171 Å². The van der Waals surface area contributed by atoms with Crippen LogP contribution in [0.5, 0.6) is 5.75 Å². The molecule has 158 valence electrons. The average Bonchev–Trinajstić information content (AvgIpc) is 3.04. The van der Waals surface area contributed by atoms with Crippen molar-refractivity contribution >= 4 is 17.6 Å². The predicted octanol–water partition coefficient (Wildman–Crippen LogP) is 1.08. The van der Waals surface area contributed by atoms with Gasteiger partial charge in [-0.25, -0.2) is 4.79 Å². The number of hydrogen-bond acceptors (Lipinski definition) is 7. The van der Waals surface area contributed by atoms with Gasteiger partial charge in [0.1, 0.15) is 11.4 Å². The molecule has 1 aromatic rings. The highest BCUT2D eigenvalue weighted by Gasteiger charge is 2.34. The molecule has 8 heteroatoms. The summed E-state index contributed by atoms with van der Waals surface area (Å²) in [5.41, 5.74) is 1.03. The molecule has 1 aromatic carbocycles. The van der Waals surface area contributed by atoms with Crippen LogP contribution in [0, 0.1) is 5.92 Å². The lowest BCUT2D eigenvalue weighted by Crippen LogP contribution is -2.32. The topological polar surface area (TPSA) is 91.3 Å². The second-order valence-corrected chi connectivity index (χ2v) is 7.47. The number of nitrogens with one attached hydrogen (secondary N) is 1. The zero-order chi connectivity index (χ0) is 20.8. The third-order valence-electron chi connectivity index (χ3n) is 5.41. The van der Waals surface area contributed by atoms with E-state index in [1.807, 2.05) is 24.3 Å². The Kier molecular flexibility index (Phi) is 7.11. The fourth-order valence-electron chi connectivity index (χ4n) is 3.62. The molecule has 2 N–H and O–H groups in total. The van der Waals surface area contributed by atoms with Crippen molar-refractivity contribution in [1.82, 2.24) is 9.80 Å². The van der Waals surface area contributed by atoms with E-state index in [2.05, 4.69) is 17.3 Å². The minimum Gasteiger partial charge on any atom is -0.491 e. The van der Waals surface area contributed by atoms with Crippen LogP contribution in [0.1, 0.15) is 12.8 Å². The quantitative estimate of drug-likeness (QED) is 0.628. The summed E-state index contributed by atoms with van der Waals surface area (Å²) in [5, 5.41) is 12.3. The number of benzene rings is 1. The first-order chi connectivity index (χ1) is 14.0. The van der Waals surface area contributed by atoms with Gasteiger partial charge in [0.2, 0.25) is 0 Å². The number of β-amino-alcohol motifs (C(OH)–C–C–N with tert-alkyl or cyclic N) is 1. The molecule has 2 heterocycles. The highest BCUT2D eigenvalue weighted by molar-refractivity contribution is 6.08. The van der Waals surface area contributed by atoms with E-state index in [1.165, 1.54) is 12.0 Å². The molecule has 0 aliphatic carbocycles. The maximum Gasteiger partial charge on any atom is 0.337 e. The monoisotopic (exact) mass is 403 g/mol. The summed E-state index contributed by atoms with van der Waals surface area (Å²) in [6.07, 6.45) is 2.19. The number of carbonyl (C=O) groups excluding carboxylic acids is 2. The molecule has 8 nitrogen and oxygen atoms in total. The number of para-hydroxylation sites is 2. The van der Waals surface area contributed by atoms with Crippen molar-refractivity contribution in [1.29, 1.82) is 0 Å². The standard InChI is InChI=1S/C21H29N3O5/c1-23-9-7-15(8-10-23)14-29-18-6-4-3-5-17(18)22-19-16(21(27)28-2)13-24(11-12-25)20(19)26/h3-6,15,22,25H,7-14H2,1-2H3. The van der Waals surface area contributed by atoms with Gasteiger partial charge in [-0.2, -0.15) is 0 Å². The smallest absolute Gasteiger partial charge is 0.337 e. The summed E-state index contributed by atoms with van der Waals surface area (Å²) in [4.78, 5) is 28.6. The summed E-state index contributed by atoms with van der Waals surface area (Å²) >= 11 is 0. The Balaban J connectivity index is 1.74. The summed E-state index contributed by atoms with van der Waals surface area (Å²) in [6, 6.07) is 7.38. The van der Waals surface area contributed by atoms with E-state index in [9.17, 15) is 14.7 Å². The maximum atomic E-state index is 12.7. The summed E-state index contributed by atoms with van der Waals surface area (Å²) in [5.74, 6) is 0.226. The van der Waals surface area contributed by atoms with Gasteiger partial charge < -0.3 is 29.7 Å². The number of rotatable bonds is 8. The van der Waals surface area contributed by atoms with Gasteiger partial charge in [0.25, 0.3) is 5.91 Å². The van der Waals surface area contributed by atoms with E-state index in [1.54, 1.807) is 0 Å². The molecule has 1 fully saturated rings. The fourth-order valence-corrected chi connectivity index (χ4v) is 3.62. The van der Waals surface area contributed by atoms with Crippen LogP contribution in [0.2, 0.25) is 0 Å². The molecule has 0 bridgehead atoms. The molecule has 1 saturated heterocycles. The van der Waals surface area contributed by atoms with Crippen LogP contribution < -0.4 is 10.1 Å². The van der Waals surface area contributed by atoms with Crippen LogP contribution in [-0.4, -0.2) is 80.3 Å². The van der Waals surface area contributed by atoms with E-state index >= 15 is 0 Å². The first-order valence-corrected chi connectivity index (χ1v) is 9.92. The number of amides is 1. The Morgan fingerprint density at radius 1 is 1.28 bits per heavy atom. The molecular weight excluding hydrogens is 374 g/mol. The molecule has 3 rings (SSSR count). The van der Waals surface area contributed by atoms with Crippen molar-refractivity contribution in [2.24, 2.45) is 5.92 Å². The zero-order valence-corrected chi connectivity index (χ0v) is 17.0.